The monoisotopic (exact) mass is 275 g/mol. The average molecular weight is 275 g/mol. The first-order chi connectivity index (χ1) is 9.32. The number of carbonyl (C=O) groups excluding carboxylic acids is 2. The number of benzene rings is 1. The van der Waals surface area contributed by atoms with Crippen molar-refractivity contribution in [2.45, 2.75) is 31.8 Å². The Hall–Kier alpha value is -1.88. The SMILES string of the molecule is CN(Cc1ccc(C(N)=O)cc1)C(=O)C(C)(N)C1CC1. The molecular weight excluding hydrogens is 254 g/mol. The summed E-state index contributed by atoms with van der Waals surface area (Å²) in [7, 11) is 1.75. The molecule has 20 heavy (non-hydrogen) atoms. The normalized spacial score (nSPS) is 17.4. The fourth-order valence-corrected chi connectivity index (χ4v) is 2.39. The third-order valence-electron chi connectivity index (χ3n) is 3.89. The second-order valence-corrected chi connectivity index (χ2v) is 5.78. The molecule has 0 radical (unpaired) electrons. The van der Waals surface area contributed by atoms with Crippen LogP contribution in [0.5, 0.6) is 0 Å². The van der Waals surface area contributed by atoms with Gasteiger partial charge in [0, 0.05) is 19.2 Å². The van der Waals surface area contributed by atoms with Gasteiger partial charge in [0.15, 0.2) is 0 Å². The Balaban J connectivity index is 2.01. The lowest BCUT2D eigenvalue weighted by Gasteiger charge is -2.29. The van der Waals surface area contributed by atoms with Gasteiger partial charge in [0.1, 0.15) is 0 Å². The van der Waals surface area contributed by atoms with Gasteiger partial charge >= 0.3 is 0 Å². The molecule has 5 heteroatoms. The van der Waals surface area contributed by atoms with Crippen LogP contribution in [0.3, 0.4) is 0 Å². The number of nitrogens with zero attached hydrogens (tertiary/aromatic N) is 1. The quantitative estimate of drug-likeness (QED) is 0.835. The van der Waals surface area contributed by atoms with Gasteiger partial charge in [-0.15, -0.1) is 0 Å². The third kappa shape index (κ3) is 2.99. The summed E-state index contributed by atoms with van der Waals surface area (Å²) in [5, 5.41) is 0. The Kier molecular flexibility index (Phi) is 3.81. The number of carbonyl (C=O) groups is 2. The third-order valence-corrected chi connectivity index (χ3v) is 3.89. The second-order valence-electron chi connectivity index (χ2n) is 5.78. The van der Waals surface area contributed by atoms with Gasteiger partial charge in [-0.25, -0.2) is 0 Å². The van der Waals surface area contributed by atoms with Crippen LogP contribution in [0, 0.1) is 5.92 Å². The summed E-state index contributed by atoms with van der Waals surface area (Å²) in [6, 6.07) is 6.93. The van der Waals surface area contributed by atoms with E-state index >= 15 is 0 Å². The van der Waals surface area contributed by atoms with Crippen molar-refractivity contribution in [1.29, 1.82) is 0 Å². The van der Waals surface area contributed by atoms with Gasteiger partial charge in [-0.3, -0.25) is 9.59 Å². The number of hydrogen-bond acceptors (Lipinski definition) is 3. The topological polar surface area (TPSA) is 89.4 Å². The highest BCUT2D eigenvalue weighted by Gasteiger charge is 2.45. The standard InChI is InChI=1S/C15H21N3O2/c1-15(17,12-7-8-12)14(20)18(2)9-10-3-5-11(6-4-10)13(16)19/h3-6,12H,7-9,17H2,1-2H3,(H2,16,19). The van der Waals surface area contributed by atoms with Crippen LogP contribution in [0.25, 0.3) is 0 Å². The Labute approximate surface area is 118 Å². The number of amides is 2. The van der Waals surface area contributed by atoms with Crippen LogP contribution in [-0.2, 0) is 11.3 Å². The van der Waals surface area contributed by atoms with Crippen molar-refractivity contribution in [1.82, 2.24) is 4.90 Å². The molecule has 2 amide bonds. The molecule has 0 heterocycles. The van der Waals surface area contributed by atoms with Gasteiger partial charge in [0.2, 0.25) is 11.8 Å². The summed E-state index contributed by atoms with van der Waals surface area (Å²) in [6.07, 6.45) is 2.06. The molecule has 1 aliphatic carbocycles. The van der Waals surface area contributed by atoms with Crippen LogP contribution in [0.4, 0.5) is 0 Å². The van der Waals surface area contributed by atoms with Crippen LogP contribution in [0.15, 0.2) is 24.3 Å². The van der Waals surface area contributed by atoms with Gasteiger partial charge in [-0.2, -0.15) is 0 Å². The maximum atomic E-state index is 12.4. The molecule has 5 nitrogen and oxygen atoms in total. The highest BCUT2D eigenvalue weighted by Crippen LogP contribution is 2.38. The maximum absolute atomic E-state index is 12.4. The van der Waals surface area contributed by atoms with E-state index in [9.17, 15) is 9.59 Å². The van der Waals surface area contributed by atoms with Crippen molar-refractivity contribution in [2.75, 3.05) is 7.05 Å². The molecule has 1 atom stereocenters. The highest BCUT2D eigenvalue weighted by molar-refractivity contribution is 5.92. The van der Waals surface area contributed by atoms with Gasteiger partial charge in [0.05, 0.1) is 5.54 Å². The lowest BCUT2D eigenvalue weighted by Crippen LogP contribution is -2.53. The smallest absolute Gasteiger partial charge is 0.248 e. The molecule has 108 valence electrons. The zero-order valence-corrected chi connectivity index (χ0v) is 11.9. The highest BCUT2D eigenvalue weighted by atomic mass is 16.2. The van der Waals surface area contributed by atoms with Gasteiger partial charge in [0.25, 0.3) is 0 Å². The van der Waals surface area contributed by atoms with Crippen molar-refractivity contribution in [2.24, 2.45) is 17.4 Å². The van der Waals surface area contributed by atoms with Crippen molar-refractivity contribution in [3.63, 3.8) is 0 Å². The van der Waals surface area contributed by atoms with Gasteiger partial charge < -0.3 is 16.4 Å². The Bertz CT molecular complexity index is 518. The van der Waals surface area contributed by atoms with Crippen molar-refractivity contribution >= 4 is 11.8 Å². The number of hydrogen-bond donors (Lipinski definition) is 2. The minimum Gasteiger partial charge on any atom is -0.366 e. The molecule has 1 fully saturated rings. The second kappa shape index (κ2) is 5.25. The average Bonchev–Trinajstić information content (AvgIpc) is 3.22. The molecule has 1 aliphatic rings. The summed E-state index contributed by atoms with van der Waals surface area (Å²) in [5.41, 5.74) is 12.0. The molecule has 4 N–H and O–H groups in total. The fraction of sp³-hybridized carbons (Fsp3) is 0.467. The van der Waals surface area contributed by atoms with Crippen LogP contribution in [0.1, 0.15) is 35.7 Å². The summed E-state index contributed by atoms with van der Waals surface area (Å²) in [6.45, 7) is 2.27. The summed E-state index contributed by atoms with van der Waals surface area (Å²) in [5.74, 6) is -0.196. The van der Waals surface area contributed by atoms with Gasteiger partial charge in [-0.05, 0) is 43.4 Å². The van der Waals surface area contributed by atoms with Crippen molar-refractivity contribution < 1.29 is 9.59 Å². The van der Waals surface area contributed by atoms with Gasteiger partial charge in [-0.1, -0.05) is 12.1 Å². The van der Waals surface area contributed by atoms with E-state index in [1.165, 1.54) is 0 Å². The van der Waals surface area contributed by atoms with E-state index in [1.54, 1.807) is 43.1 Å². The Morgan fingerprint density at radius 1 is 1.30 bits per heavy atom. The molecular formula is C15H21N3O2. The Morgan fingerprint density at radius 3 is 2.30 bits per heavy atom. The van der Waals surface area contributed by atoms with Crippen LogP contribution in [0.2, 0.25) is 0 Å². The first-order valence-electron chi connectivity index (χ1n) is 6.75. The molecule has 0 aromatic heterocycles. The van der Waals surface area contributed by atoms with E-state index in [0.29, 0.717) is 18.0 Å². The van der Waals surface area contributed by atoms with E-state index in [0.717, 1.165) is 18.4 Å². The van der Waals surface area contributed by atoms with E-state index in [-0.39, 0.29) is 5.91 Å². The van der Waals surface area contributed by atoms with Crippen molar-refractivity contribution in [3.05, 3.63) is 35.4 Å². The summed E-state index contributed by atoms with van der Waals surface area (Å²) < 4.78 is 0. The molecule has 1 aromatic carbocycles. The van der Waals surface area contributed by atoms with E-state index in [1.807, 2.05) is 0 Å². The zero-order chi connectivity index (χ0) is 14.9. The lowest BCUT2D eigenvalue weighted by atomic mass is 9.95. The molecule has 1 aromatic rings. The minimum absolute atomic E-state index is 0.0426. The number of nitrogens with two attached hydrogens (primary N) is 2. The zero-order valence-electron chi connectivity index (χ0n) is 11.9. The largest absolute Gasteiger partial charge is 0.366 e. The molecule has 1 saturated carbocycles. The first kappa shape index (κ1) is 14.5. The fourth-order valence-electron chi connectivity index (χ4n) is 2.39. The van der Waals surface area contributed by atoms with E-state index in [4.69, 9.17) is 11.5 Å². The summed E-state index contributed by atoms with van der Waals surface area (Å²) in [4.78, 5) is 25.0. The number of primary amides is 1. The van der Waals surface area contributed by atoms with Crippen LogP contribution < -0.4 is 11.5 Å². The number of rotatable bonds is 5. The molecule has 0 bridgehead atoms. The van der Waals surface area contributed by atoms with E-state index in [2.05, 4.69) is 0 Å². The number of likely N-dealkylation sites (N-methyl/N-ethyl adjacent to an activating group) is 1. The molecule has 0 saturated heterocycles. The van der Waals surface area contributed by atoms with Crippen LogP contribution >= 0.6 is 0 Å². The maximum Gasteiger partial charge on any atom is 0.248 e. The lowest BCUT2D eigenvalue weighted by molar-refractivity contribution is -0.136. The molecule has 0 spiro atoms. The molecule has 0 aliphatic heterocycles. The van der Waals surface area contributed by atoms with E-state index < -0.39 is 11.4 Å². The predicted molar refractivity (Wildman–Crippen MR) is 76.8 cm³/mol. The van der Waals surface area contributed by atoms with Crippen molar-refractivity contribution in [3.8, 4) is 0 Å². The predicted octanol–water partition coefficient (Wildman–Crippen LogP) is 0.871. The molecule has 1 unspecified atom stereocenters. The Morgan fingerprint density at radius 2 is 1.85 bits per heavy atom. The van der Waals surface area contributed by atoms with Crippen LogP contribution in [-0.4, -0.2) is 29.3 Å². The minimum atomic E-state index is -0.776. The first-order valence-corrected chi connectivity index (χ1v) is 6.75. The summed E-state index contributed by atoms with van der Waals surface area (Å²) >= 11 is 0. The molecule has 2 rings (SSSR count).